The van der Waals surface area contributed by atoms with E-state index in [9.17, 15) is 14.9 Å². The number of carbonyl (C=O) groups is 1. The first-order valence-corrected chi connectivity index (χ1v) is 6.27. The molecule has 1 heterocycles. The van der Waals surface area contributed by atoms with Crippen LogP contribution in [0.1, 0.15) is 10.4 Å². The standard InChI is InChI=1S/C14H10N4O4/c19-14(17-20)9-3-6-11-12(7-9)16-13(15-11)8-1-4-10(5-2-8)18(21)22/h1-7,20H,(H,15,16)(H,17,19). The molecule has 2 aromatic carbocycles. The molecule has 1 amide bonds. The summed E-state index contributed by atoms with van der Waals surface area (Å²) in [7, 11) is 0. The summed E-state index contributed by atoms with van der Waals surface area (Å²) >= 11 is 0. The second-order valence-corrected chi connectivity index (χ2v) is 4.56. The molecule has 0 unspecified atom stereocenters. The first kappa shape index (κ1) is 13.7. The number of non-ortho nitro benzene ring substituents is 1. The Morgan fingerprint density at radius 2 is 1.95 bits per heavy atom. The van der Waals surface area contributed by atoms with Gasteiger partial charge in [0.05, 0.1) is 16.0 Å². The molecular weight excluding hydrogens is 288 g/mol. The average molecular weight is 298 g/mol. The number of aromatic amines is 1. The van der Waals surface area contributed by atoms with Gasteiger partial charge in [-0.3, -0.25) is 20.1 Å². The van der Waals surface area contributed by atoms with Gasteiger partial charge in [-0.05, 0) is 30.3 Å². The maximum absolute atomic E-state index is 11.4. The average Bonchev–Trinajstić information content (AvgIpc) is 2.97. The topological polar surface area (TPSA) is 121 Å². The second kappa shape index (κ2) is 5.26. The molecule has 0 aliphatic rings. The highest BCUT2D eigenvalue weighted by Gasteiger charge is 2.11. The van der Waals surface area contributed by atoms with E-state index in [0.717, 1.165) is 0 Å². The van der Waals surface area contributed by atoms with Crippen molar-refractivity contribution in [2.45, 2.75) is 0 Å². The van der Waals surface area contributed by atoms with E-state index < -0.39 is 10.8 Å². The van der Waals surface area contributed by atoms with Crippen molar-refractivity contribution in [1.29, 1.82) is 0 Å². The normalized spacial score (nSPS) is 10.6. The van der Waals surface area contributed by atoms with Crippen LogP contribution in [0.5, 0.6) is 0 Å². The molecule has 0 atom stereocenters. The first-order chi connectivity index (χ1) is 10.6. The fourth-order valence-corrected chi connectivity index (χ4v) is 2.09. The van der Waals surface area contributed by atoms with Crippen molar-refractivity contribution >= 4 is 22.6 Å². The Bertz CT molecular complexity index is 870. The molecule has 0 radical (unpaired) electrons. The number of fused-ring (bicyclic) bond motifs is 1. The molecule has 0 saturated heterocycles. The number of hydrogen-bond acceptors (Lipinski definition) is 5. The number of nitrogens with one attached hydrogen (secondary N) is 2. The van der Waals surface area contributed by atoms with Crippen LogP contribution >= 0.6 is 0 Å². The Balaban J connectivity index is 2.01. The quantitative estimate of drug-likeness (QED) is 0.389. The molecule has 3 rings (SSSR count). The van der Waals surface area contributed by atoms with E-state index in [4.69, 9.17) is 5.21 Å². The third-order valence-corrected chi connectivity index (χ3v) is 3.20. The summed E-state index contributed by atoms with van der Waals surface area (Å²) in [6, 6.07) is 10.7. The molecule has 3 aromatic rings. The highest BCUT2D eigenvalue weighted by Crippen LogP contribution is 2.23. The van der Waals surface area contributed by atoms with Crippen LogP contribution in [0, 0.1) is 10.1 Å². The summed E-state index contributed by atoms with van der Waals surface area (Å²) in [5, 5.41) is 19.3. The number of amides is 1. The van der Waals surface area contributed by atoms with Crippen molar-refractivity contribution < 1.29 is 14.9 Å². The third kappa shape index (κ3) is 2.38. The number of H-pyrrole nitrogens is 1. The minimum atomic E-state index is -0.617. The molecular formula is C14H10N4O4. The molecule has 8 heteroatoms. The number of hydrogen-bond donors (Lipinski definition) is 3. The Hall–Kier alpha value is -3.26. The zero-order chi connectivity index (χ0) is 15.7. The van der Waals surface area contributed by atoms with Crippen LogP contribution in [0.4, 0.5) is 5.69 Å². The van der Waals surface area contributed by atoms with E-state index >= 15 is 0 Å². The number of aromatic nitrogens is 2. The van der Waals surface area contributed by atoms with Crippen molar-refractivity contribution in [1.82, 2.24) is 15.4 Å². The molecule has 0 saturated carbocycles. The number of imidazole rings is 1. The van der Waals surface area contributed by atoms with Crippen LogP contribution in [0.25, 0.3) is 22.4 Å². The van der Waals surface area contributed by atoms with E-state index in [1.54, 1.807) is 29.7 Å². The van der Waals surface area contributed by atoms with Crippen LogP contribution in [-0.4, -0.2) is 26.0 Å². The molecule has 0 bridgehead atoms. The molecule has 0 aliphatic heterocycles. The van der Waals surface area contributed by atoms with Crippen LogP contribution < -0.4 is 5.48 Å². The van der Waals surface area contributed by atoms with Gasteiger partial charge in [-0.2, -0.15) is 0 Å². The van der Waals surface area contributed by atoms with Gasteiger partial charge >= 0.3 is 0 Å². The van der Waals surface area contributed by atoms with Gasteiger partial charge in [0.15, 0.2) is 0 Å². The van der Waals surface area contributed by atoms with Crippen LogP contribution in [0.3, 0.4) is 0 Å². The van der Waals surface area contributed by atoms with Crippen LogP contribution in [-0.2, 0) is 0 Å². The van der Waals surface area contributed by atoms with Gasteiger partial charge in [0.25, 0.3) is 11.6 Å². The number of nitro groups is 1. The zero-order valence-corrected chi connectivity index (χ0v) is 11.1. The number of benzene rings is 2. The highest BCUT2D eigenvalue weighted by atomic mass is 16.6. The second-order valence-electron chi connectivity index (χ2n) is 4.56. The third-order valence-electron chi connectivity index (χ3n) is 3.20. The lowest BCUT2D eigenvalue weighted by molar-refractivity contribution is -0.384. The molecule has 8 nitrogen and oxygen atoms in total. The first-order valence-electron chi connectivity index (χ1n) is 6.27. The van der Waals surface area contributed by atoms with Gasteiger partial charge < -0.3 is 4.98 Å². The van der Waals surface area contributed by atoms with Gasteiger partial charge in [0.1, 0.15) is 5.82 Å². The Kier molecular flexibility index (Phi) is 3.28. The van der Waals surface area contributed by atoms with Crippen molar-refractivity contribution in [3.63, 3.8) is 0 Å². The molecule has 0 spiro atoms. The van der Waals surface area contributed by atoms with E-state index in [0.29, 0.717) is 22.4 Å². The fourth-order valence-electron chi connectivity index (χ4n) is 2.09. The van der Waals surface area contributed by atoms with E-state index in [-0.39, 0.29) is 11.3 Å². The number of hydroxylamine groups is 1. The minimum absolute atomic E-state index is 0.00163. The van der Waals surface area contributed by atoms with Crippen LogP contribution in [0.2, 0.25) is 0 Å². The Morgan fingerprint density at radius 3 is 2.59 bits per heavy atom. The lowest BCUT2D eigenvalue weighted by Gasteiger charge is -1.97. The molecule has 3 N–H and O–H groups in total. The summed E-state index contributed by atoms with van der Waals surface area (Å²) in [5.74, 6) is -0.0835. The SMILES string of the molecule is O=C(NO)c1ccc2nc(-c3ccc([N+](=O)[O-])cc3)[nH]c2c1. The lowest BCUT2D eigenvalue weighted by Crippen LogP contribution is -2.18. The molecule has 1 aromatic heterocycles. The van der Waals surface area contributed by atoms with Crippen LogP contribution in [0.15, 0.2) is 42.5 Å². The van der Waals surface area contributed by atoms with E-state index in [1.165, 1.54) is 18.2 Å². The Morgan fingerprint density at radius 1 is 1.23 bits per heavy atom. The summed E-state index contributed by atoms with van der Waals surface area (Å²) < 4.78 is 0. The molecule has 22 heavy (non-hydrogen) atoms. The summed E-state index contributed by atoms with van der Waals surface area (Å²) in [4.78, 5) is 29.0. The molecule has 0 fully saturated rings. The lowest BCUT2D eigenvalue weighted by atomic mass is 10.2. The maximum atomic E-state index is 11.4. The van der Waals surface area contributed by atoms with E-state index in [1.807, 2.05) is 0 Å². The Labute approximate surface area is 123 Å². The number of carbonyl (C=O) groups excluding carboxylic acids is 1. The largest absolute Gasteiger partial charge is 0.338 e. The fraction of sp³-hybridized carbons (Fsp3) is 0. The smallest absolute Gasteiger partial charge is 0.274 e. The summed E-state index contributed by atoms with van der Waals surface area (Å²) in [6.07, 6.45) is 0. The summed E-state index contributed by atoms with van der Waals surface area (Å²) in [6.45, 7) is 0. The van der Waals surface area contributed by atoms with E-state index in [2.05, 4.69) is 9.97 Å². The van der Waals surface area contributed by atoms with Gasteiger partial charge in [-0.25, -0.2) is 10.5 Å². The predicted molar refractivity (Wildman–Crippen MR) is 77.4 cm³/mol. The number of nitrogens with zero attached hydrogens (tertiary/aromatic N) is 2. The molecule has 0 aliphatic carbocycles. The van der Waals surface area contributed by atoms with Gasteiger partial charge in [0, 0.05) is 23.3 Å². The van der Waals surface area contributed by atoms with Crippen molar-refractivity contribution in [2.75, 3.05) is 0 Å². The zero-order valence-electron chi connectivity index (χ0n) is 11.1. The van der Waals surface area contributed by atoms with Gasteiger partial charge in [-0.1, -0.05) is 0 Å². The van der Waals surface area contributed by atoms with Gasteiger partial charge in [-0.15, -0.1) is 0 Å². The number of nitro benzene ring substituents is 1. The van der Waals surface area contributed by atoms with Gasteiger partial charge in [0.2, 0.25) is 0 Å². The monoisotopic (exact) mass is 298 g/mol. The van der Waals surface area contributed by atoms with Crippen molar-refractivity contribution in [2.24, 2.45) is 0 Å². The highest BCUT2D eigenvalue weighted by molar-refractivity contribution is 5.97. The van der Waals surface area contributed by atoms with Crippen molar-refractivity contribution in [3.8, 4) is 11.4 Å². The summed E-state index contributed by atoms with van der Waals surface area (Å²) in [5.41, 5.74) is 3.80. The van der Waals surface area contributed by atoms with Crippen molar-refractivity contribution in [3.05, 3.63) is 58.1 Å². The predicted octanol–water partition coefficient (Wildman–Crippen LogP) is 2.26. The maximum Gasteiger partial charge on any atom is 0.274 e. The number of rotatable bonds is 3. The minimum Gasteiger partial charge on any atom is -0.338 e. The molecule has 110 valence electrons.